The van der Waals surface area contributed by atoms with Crippen molar-refractivity contribution in [3.8, 4) is 11.4 Å². The van der Waals surface area contributed by atoms with Gasteiger partial charge in [-0.2, -0.15) is 4.98 Å². The molecule has 0 bridgehead atoms. The van der Waals surface area contributed by atoms with E-state index in [4.69, 9.17) is 0 Å². The molecule has 0 saturated carbocycles. The minimum atomic E-state index is -0.273. The van der Waals surface area contributed by atoms with Crippen LogP contribution in [0.15, 0.2) is 35.2 Å². The fourth-order valence-corrected chi connectivity index (χ4v) is 1.23. The molecule has 0 radical (unpaired) electrons. The van der Waals surface area contributed by atoms with E-state index in [1.54, 1.807) is 25.2 Å². The maximum Gasteiger partial charge on any atom is 0.318 e. The number of hydrogen-bond donors (Lipinski definition) is 2. The van der Waals surface area contributed by atoms with Crippen LogP contribution in [-0.4, -0.2) is 23.2 Å². The standard InChI is InChI=1S/C10H10N4O2/c1-11-10(15)13-8-4-2-3-7(5-8)9-12-6-16-14-9/h2-6H,1H3,(H2,11,13,15). The van der Waals surface area contributed by atoms with Crippen molar-refractivity contribution < 1.29 is 9.32 Å². The van der Waals surface area contributed by atoms with Gasteiger partial charge in [-0.1, -0.05) is 17.3 Å². The Labute approximate surface area is 91.7 Å². The number of nitrogens with zero attached hydrogens (tertiary/aromatic N) is 2. The zero-order valence-electron chi connectivity index (χ0n) is 8.60. The molecule has 1 aromatic carbocycles. The van der Waals surface area contributed by atoms with Gasteiger partial charge in [-0.25, -0.2) is 4.79 Å². The van der Waals surface area contributed by atoms with Crippen LogP contribution in [0.3, 0.4) is 0 Å². The number of benzene rings is 1. The van der Waals surface area contributed by atoms with E-state index in [2.05, 4.69) is 25.3 Å². The van der Waals surface area contributed by atoms with Crippen molar-refractivity contribution in [1.29, 1.82) is 0 Å². The number of nitrogens with one attached hydrogen (secondary N) is 2. The molecule has 2 aromatic rings. The molecule has 0 spiro atoms. The summed E-state index contributed by atoms with van der Waals surface area (Å²) in [4.78, 5) is 15.0. The van der Waals surface area contributed by atoms with E-state index in [1.807, 2.05) is 6.07 Å². The van der Waals surface area contributed by atoms with Crippen LogP contribution in [0.2, 0.25) is 0 Å². The first-order valence-corrected chi connectivity index (χ1v) is 4.65. The maximum atomic E-state index is 11.1. The lowest BCUT2D eigenvalue weighted by Gasteiger charge is -2.04. The van der Waals surface area contributed by atoms with Gasteiger partial charge in [0, 0.05) is 18.3 Å². The van der Waals surface area contributed by atoms with Crippen molar-refractivity contribution in [2.45, 2.75) is 0 Å². The lowest BCUT2D eigenvalue weighted by atomic mass is 10.2. The molecule has 2 N–H and O–H groups in total. The van der Waals surface area contributed by atoms with Crippen molar-refractivity contribution in [2.24, 2.45) is 0 Å². The number of aromatic nitrogens is 2. The van der Waals surface area contributed by atoms with Gasteiger partial charge in [0.05, 0.1) is 0 Å². The van der Waals surface area contributed by atoms with Crippen LogP contribution in [0.1, 0.15) is 0 Å². The normalized spacial score (nSPS) is 9.81. The number of urea groups is 1. The van der Waals surface area contributed by atoms with Crippen molar-refractivity contribution in [1.82, 2.24) is 15.5 Å². The Hall–Kier alpha value is -2.37. The molecular formula is C10H10N4O2. The minimum absolute atomic E-state index is 0.273. The molecule has 0 aliphatic heterocycles. The summed E-state index contributed by atoms with van der Waals surface area (Å²) in [7, 11) is 1.55. The number of carbonyl (C=O) groups is 1. The first kappa shape index (κ1) is 10.2. The second-order valence-corrected chi connectivity index (χ2v) is 3.04. The summed E-state index contributed by atoms with van der Waals surface area (Å²) in [5, 5.41) is 8.84. The van der Waals surface area contributed by atoms with Crippen LogP contribution < -0.4 is 10.6 Å². The summed E-state index contributed by atoms with van der Waals surface area (Å²) < 4.78 is 4.65. The maximum absolute atomic E-state index is 11.1. The second-order valence-electron chi connectivity index (χ2n) is 3.04. The Morgan fingerprint density at radius 1 is 1.44 bits per heavy atom. The lowest BCUT2D eigenvalue weighted by molar-refractivity contribution is 0.254. The van der Waals surface area contributed by atoms with Crippen molar-refractivity contribution >= 4 is 11.7 Å². The molecule has 0 aliphatic rings. The number of rotatable bonds is 2. The molecule has 0 aliphatic carbocycles. The Morgan fingerprint density at radius 2 is 2.31 bits per heavy atom. The number of hydrogen-bond acceptors (Lipinski definition) is 4. The third-order valence-electron chi connectivity index (χ3n) is 1.97. The van der Waals surface area contributed by atoms with E-state index in [0.717, 1.165) is 5.56 Å². The molecule has 16 heavy (non-hydrogen) atoms. The minimum Gasteiger partial charge on any atom is -0.342 e. The van der Waals surface area contributed by atoms with E-state index in [9.17, 15) is 4.79 Å². The zero-order valence-corrected chi connectivity index (χ0v) is 8.60. The van der Waals surface area contributed by atoms with Crippen molar-refractivity contribution in [3.05, 3.63) is 30.7 Å². The van der Waals surface area contributed by atoms with Gasteiger partial charge in [-0.3, -0.25) is 0 Å². The first-order valence-electron chi connectivity index (χ1n) is 4.65. The van der Waals surface area contributed by atoms with Crippen LogP contribution in [-0.2, 0) is 0 Å². The van der Waals surface area contributed by atoms with E-state index in [-0.39, 0.29) is 6.03 Å². The second kappa shape index (κ2) is 4.43. The molecule has 0 saturated heterocycles. The van der Waals surface area contributed by atoms with Gasteiger partial charge in [0.1, 0.15) is 0 Å². The largest absolute Gasteiger partial charge is 0.342 e. The highest BCUT2D eigenvalue weighted by Crippen LogP contribution is 2.18. The summed E-state index contributed by atoms with van der Waals surface area (Å²) in [6, 6.07) is 6.90. The summed E-state index contributed by atoms with van der Waals surface area (Å²) in [6.07, 6.45) is 1.26. The summed E-state index contributed by atoms with van der Waals surface area (Å²) in [6.45, 7) is 0. The molecule has 0 fully saturated rings. The molecule has 1 heterocycles. The highest BCUT2D eigenvalue weighted by Gasteiger charge is 2.04. The summed E-state index contributed by atoms with van der Waals surface area (Å²) in [5.74, 6) is 0.487. The molecule has 0 unspecified atom stereocenters. The quantitative estimate of drug-likeness (QED) is 0.800. The molecule has 2 rings (SSSR count). The molecule has 0 atom stereocenters. The topological polar surface area (TPSA) is 80.0 Å². The Morgan fingerprint density at radius 3 is 3.00 bits per heavy atom. The average Bonchev–Trinajstić information content (AvgIpc) is 2.83. The number of carbonyl (C=O) groups excluding carboxylic acids is 1. The van der Waals surface area contributed by atoms with E-state index in [1.165, 1.54) is 6.39 Å². The molecule has 6 heteroatoms. The van der Waals surface area contributed by atoms with Crippen LogP contribution in [0.5, 0.6) is 0 Å². The van der Waals surface area contributed by atoms with E-state index in [0.29, 0.717) is 11.5 Å². The Kier molecular flexibility index (Phi) is 2.81. The van der Waals surface area contributed by atoms with Crippen molar-refractivity contribution in [2.75, 3.05) is 12.4 Å². The Bertz CT molecular complexity index is 481. The van der Waals surface area contributed by atoms with Gasteiger partial charge in [0.25, 0.3) is 0 Å². The SMILES string of the molecule is CNC(=O)Nc1cccc(-c2ncon2)c1. The molecule has 6 nitrogen and oxygen atoms in total. The molecule has 2 amide bonds. The molecule has 1 aromatic heterocycles. The smallest absolute Gasteiger partial charge is 0.318 e. The van der Waals surface area contributed by atoms with Crippen LogP contribution >= 0.6 is 0 Å². The highest BCUT2D eigenvalue weighted by atomic mass is 16.5. The predicted molar refractivity (Wildman–Crippen MR) is 57.8 cm³/mol. The van der Waals surface area contributed by atoms with Crippen LogP contribution in [0.4, 0.5) is 10.5 Å². The fourth-order valence-electron chi connectivity index (χ4n) is 1.23. The van der Waals surface area contributed by atoms with Crippen LogP contribution in [0.25, 0.3) is 11.4 Å². The zero-order chi connectivity index (χ0) is 11.4. The van der Waals surface area contributed by atoms with Gasteiger partial charge in [0.15, 0.2) is 0 Å². The molecular weight excluding hydrogens is 208 g/mol. The number of anilines is 1. The third kappa shape index (κ3) is 2.17. The Balaban J connectivity index is 2.23. The van der Waals surface area contributed by atoms with Gasteiger partial charge in [-0.05, 0) is 12.1 Å². The molecule has 82 valence electrons. The van der Waals surface area contributed by atoms with Gasteiger partial charge in [-0.15, -0.1) is 0 Å². The monoisotopic (exact) mass is 218 g/mol. The van der Waals surface area contributed by atoms with Crippen molar-refractivity contribution in [3.63, 3.8) is 0 Å². The highest BCUT2D eigenvalue weighted by molar-refractivity contribution is 5.89. The third-order valence-corrected chi connectivity index (χ3v) is 1.97. The van der Waals surface area contributed by atoms with Gasteiger partial charge < -0.3 is 15.2 Å². The van der Waals surface area contributed by atoms with E-state index >= 15 is 0 Å². The average molecular weight is 218 g/mol. The van der Waals surface area contributed by atoms with Gasteiger partial charge >= 0.3 is 6.03 Å². The summed E-state index contributed by atoms with van der Waals surface area (Å²) >= 11 is 0. The lowest BCUT2D eigenvalue weighted by Crippen LogP contribution is -2.24. The predicted octanol–water partition coefficient (Wildman–Crippen LogP) is 1.49. The summed E-state index contributed by atoms with van der Waals surface area (Å²) in [5.41, 5.74) is 1.45. The van der Waals surface area contributed by atoms with Crippen LogP contribution in [0, 0.1) is 0 Å². The fraction of sp³-hybridized carbons (Fsp3) is 0.100. The van der Waals surface area contributed by atoms with E-state index < -0.39 is 0 Å². The number of amides is 2. The first-order chi connectivity index (χ1) is 7.79. The van der Waals surface area contributed by atoms with Gasteiger partial charge in [0.2, 0.25) is 12.2 Å².